The van der Waals surface area contributed by atoms with E-state index in [-0.39, 0.29) is 0 Å². The fraction of sp³-hybridized carbons (Fsp3) is 0.154. The summed E-state index contributed by atoms with van der Waals surface area (Å²) in [6, 6.07) is 0. The van der Waals surface area contributed by atoms with Gasteiger partial charge in [-0.15, -0.1) is 24.0 Å². The average Bonchev–Trinajstić information content (AvgIpc) is 2.89. The number of thiazole rings is 1. The standard InChI is InChI=1S/C13H12N2S6/c1-2-15-11(17)9(21-13(15)19)7-5-3-4-6-8-10(16)14-12(18)20-8/h3-7,16H,2H2,1H3,(H,14,18)/b5-3+,6-4+,9-7-. The number of thioether (sulfide) groups is 1. The molecule has 0 atom stereocenters. The zero-order valence-corrected chi connectivity index (χ0v) is 16.0. The van der Waals surface area contributed by atoms with Crippen molar-refractivity contribution in [2.24, 2.45) is 0 Å². The van der Waals surface area contributed by atoms with Crippen LogP contribution in [0, 0.1) is 3.95 Å². The van der Waals surface area contributed by atoms with Crippen molar-refractivity contribution in [3.8, 4) is 0 Å². The van der Waals surface area contributed by atoms with Crippen LogP contribution in [0.2, 0.25) is 0 Å². The lowest BCUT2D eigenvalue weighted by Crippen LogP contribution is -2.25. The number of rotatable bonds is 4. The molecule has 2 nitrogen and oxygen atoms in total. The zero-order chi connectivity index (χ0) is 15.4. The van der Waals surface area contributed by atoms with Gasteiger partial charge >= 0.3 is 0 Å². The van der Waals surface area contributed by atoms with Crippen molar-refractivity contribution in [1.29, 1.82) is 0 Å². The molecule has 2 rings (SSSR count). The smallest absolute Gasteiger partial charge is 0.159 e. The maximum atomic E-state index is 5.39. The second-order valence-corrected chi connectivity index (χ2v) is 8.15. The Hall–Kier alpha value is -0.250. The Morgan fingerprint density at radius 1 is 1.24 bits per heavy atom. The van der Waals surface area contributed by atoms with E-state index < -0.39 is 0 Å². The molecule has 0 bridgehead atoms. The van der Waals surface area contributed by atoms with E-state index in [2.05, 4.69) is 17.6 Å². The minimum atomic E-state index is 0.728. The Morgan fingerprint density at radius 2 is 2.00 bits per heavy atom. The van der Waals surface area contributed by atoms with Gasteiger partial charge in [-0.1, -0.05) is 54.4 Å². The molecule has 0 aromatic carbocycles. The van der Waals surface area contributed by atoms with Gasteiger partial charge in [0.1, 0.15) is 9.31 Å². The Bertz CT molecular complexity index is 706. The van der Waals surface area contributed by atoms with Gasteiger partial charge in [0, 0.05) is 11.4 Å². The van der Waals surface area contributed by atoms with Crippen LogP contribution in [-0.4, -0.2) is 25.7 Å². The number of allylic oxidation sites excluding steroid dienone is 4. The molecule has 2 heterocycles. The predicted octanol–water partition coefficient (Wildman–Crippen LogP) is 5.23. The highest BCUT2D eigenvalue weighted by Gasteiger charge is 2.26. The molecule has 0 spiro atoms. The first-order valence-corrected chi connectivity index (χ1v) is 9.34. The quantitative estimate of drug-likeness (QED) is 0.318. The van der Waals surface area contributed by atoms with Crippen LogP contribution >= 0.6 is 72.4 Å². The van der Waals surface area contributed by atoms with Crippen LogP contribution in [0.5, 0.6) is 0 Å². The summed E-state index contributed by atoms with van der Waals surface area (Å²) in [5.41, 5.74) is 0. The summed E-state index contributed by atoms with van der Waals surface area (Å²) < 4.78 is 1.55. The first-order valence-electron chi connectivity index (χ1n) is 6.03. The van der Waals surface area contributed by atoms with Crippen LogP contribution in [0.15, 0.2) is 34.2 Å². The summed E-state index contributed by atoms with van der Waals surface area (Å²) in [6.45, 7) is 2.86. The number of thiocarbonyl (C=S) groups is 2. The molecule has 1 N–H and O–H groups in total. The SMILES string of the molecule is CCN1C(=S)S\C(=C/C=C/C=C/c2sc(=S)[nH]c2S)C1=S. The number of thiol groups is 1. The second kappa shape index (κ2) is 7.85. The minimum absolute atomic E-state index is 0.728. The van der Waals surface area contributed by atoms with E-state index in [1.807, 2.05) is 42.2 Å². The lowest BCUT2D eigenvalue weighted by molar-refractivity contribution is 0.685. The number of likely N-dealkylation sites (N-methyl/N-ethyl adjacent to an activating group) is 1. The van der Waals surface area contributed by atoms with Crippen molar-refractivity contribution >= 4 is 87.8 Å². The number of nitrogens with one attached hydrogen (secondary N) is 1. The summed E-state index contributed by atoms with van der Waals surface area (Å²) in [5.74, 6) is 0. The van der Waals surface area contributed by atoms with Crippen molar-refractivity contribution in [1.82, 2.24) is 9.88 Å². The van der Waals surface area contributed by atoms with Gasteiger partial charge in [0.25, 0.3) is 0 Å². The van der Waals surface area contributed by atoms with E-state index in [1.165, 1.54) is 23.1 Å². The van der Waals surface area contributed by atoms with Crippen LogP contribution in [0.4, 0.5) is 0 Å². The Morgan fingerprint density at radius 3 is 2.57 bits per heavy atom. The molecule has 21 heavy (non-hydrogen) atoms. The number of nitrogens with zero attached hydrogens (tertiary/aromatic N) is 1. The molecule has 1 fully saturated rings. The maximum Gasteiger partial charge on any atom is 0.159 e. The van der Waals surface area contributed by atoms with Gasteiger partial charge in [0.2, 0.25) is 0 Å². The summed E-state index contributed by atoms with van der Waals surface area (Å²) in [6.07, 6.45) is 9.81. The molecule has 8 heteroatoms. The van der Waals surface area contributed by atoms with Gasteiger partial charge in [-0.3, -0.25) is 0 Å². The molecule has 1 saturated heterocycles. The van der Waals surface area contributed by atoms with E-state index in [9.17, 15) is 0 Å². The molecule has 0 radical (unpaired) electrons. The average molecular weight is 389 g/mol. The Balaban J connectivity index is 2.01. The third-order valence-corrected chi connectivity index (χ3v) is 6.25. The van der Waals surface area contributed by atoms with Gasteiger partial charge in [0.15, 0.2) is 3.95 Å². The molecular formula is C13H12N2S6. The monoisotopic (exact) mass is 388 g/mol. The second-order valence-electron chi connectivity index (χ2n) is 3.92. The van der Waals surface area contributed by atoms with Crippen molar-refractivity contribution in [3.63, 3.8) is 0 Å². The summed E-state index contributed by atoms with van der Waals surface area (Å²) in [5, 5.41) is 0.796. The highest BCUT2D eigenvalue weighted by molar-refractivity contribution is 8.27. The van der Waals surface area contributed by atoms with Crippen LogP contribution in [-0.2, 0) is 0 Å². The summed E-state index contributed by atoms with van der Waals surface area (Å²) in [4.78, 5) is 7.80. The molecule has 0 unspecified atom stereocenters. The lowest BCUT2D eigenvalue weighted by atomic mass is 10.3. The minimum Gasteiger partial charge on any atom is -0.332 e. The van der Waals surface area contributed by atoms with Gasteiger partial charge in [0.05, 0.1) is 9.90 Å². The molecule has 1 aliphatic rings. The van der Waals surface area contributed by atoms with Crippen molar-refractivity contribution in [2.75, 3.05) is 6.54 Å². The normalized spacial score (nSPS) is 18.0. The lowest BCUT2D eigenvalue weighted by Gasteiger charge is -2.12. The molecular weight excluding hydrogens is 377 g/mol. The van der Waals surface area contributed by atoms with Crippen molar-refractivity contribution < 1.29 is 0 Å². The first kappa shape index (κ1) is 17.1. The highest BCUT2D eigenvalue weighted by Crippen LogP contribution is 2.31. The third kappa shape index (κ3) is 4.37. The predicted molar refractivity (Wildman–Crippen MR) is 108 cm³/mol. The van der Waals surface area contributed by atoms with Gasteiger partial charge < -0.3 is 9.88 Å². The molecule has 0 amide bonds. The van der Waals surface area contributed by atoms with E-state index in [0.29, 0.717) is 0 Å². The molecule has 110 valence electrons. The largest absolute Gasteiger partial charge is 0.332 e. The number of H-pyrrole nitrogens is 1. The molecule has 0 aliphatic carbocycles. The fourth-order valence-electron chi connectivity index (χ4n) is 1.58. The first-order chi connectivity index (χ1) is 10.0. The molecule has 1 aliphatic heterocycles. The van der Waals surface area contributed by atoms with E-state index in [1.54, 1.807) is 0 Å². The third-order valence-electron chi connectivity index (χ3n) is 2.56. The van der Waals surface area contributed by atoms with E-state index >= 15 is 0 Å². The van der Waals surface area contributed by atoms with Crippen molar-refractivity contribution in [3.05, 3.63) is 38.0 Å². The zero-order valence-electron chi connectivity index (χ0n) is 11.0. The number of hydrogen-bond donors (Lipinski definition) is 2. The number of hydrogen-bond acceptors (Lipinski definition) is 6. The van der Waals surface area contributed by atoms with E-state index in [4.69, 9.17) is 36.7 Å². The maximum absolute atomic E-state index is 5.39. The topological polar surface area (TPSA) is 19.0 Å². The highest BCUT2D eigenvalue weighted by atomic mass is 32.2. The number of aromatic amines is 1. The van der Waals surface area contributed by atoms with Crippen LogP contribution in [0.1, 0.15) is 11.8 Å². The van der Waals surface area contributed by atoms with Crippen LogP contribution in [0.3, 0.4) is 0 Å². The summed E-state index contributed by atoms with van der Waals surface area (Å²) >= 11 is 23.1. The van der Waals surface area contributed by atoms with E-state index in [0.717, 1.165) is 34.6 Å². The molecule has 0 saturated carbocycles. The van der Waals surface area contributed by atoms with Crippen LogP contribution in [0.25, 0.3) is 6.08 Å². The molecule has 1 aromatic rings. The van der Waals surface area contributed by atoms with Gasteiger partial charge in [-0.25, -0.2) is 0 Å². The van der Waals surface area contributed by atoms with Gasteiger partial charge in [-0.05, 0) is 31.3 Å². The van der Waals surface area contributed by atoms with Crippen LogP contribution < -0.4 is 0 Å². The summed E-state index contributed by atoms with van der Waals surface area (Å²) in [7, 11) is 0. The number of aromatic nitrogens is 1. The van der Waals surface area contributed by atoms with Crippen molar-refractivity contribution in [2.45, 2.75) is 11.9 Å². The Labute approximate surface area is 153 Å². The van der Waals surface area contributed by atoms with Gasteiger partial charge in [-0.2, -0.15) is 0 Å². The molecule has 1 aromatic heterocycles. The fourth-order valence-corrected chi connectivity index (χ4v) is 4.96. The Kier molecular flexibility index (Phi) is 6.39.